The van der Waals surface area contributed by atoms with Gasteiger partial charge in [0.15, 0.2) is 5.96 Å². The molecular formula is C20H32FIN4O. The average molecular weight is 490 g/mol. The van der Waals surface area contributed by atoms with Crippen molar-refractivity contribution in [3.8, 4) is 0 Å². The van der Waals surface area contributed by atoms with Gasteiger partial charge in [0.05, 0.1) is 18.9 Å². The van der Waals surface area contributed by atoms with Crippen LogP contribution in [0.15, 0.2) is 23.2 Å². The molecule has 5 nitrogen and oxygen atoms in total. The number of anilines is 1. The highest BCUT2D eigenvalue weighted by molar-refractivity contribution is 14.0. The largest absolute Gasteiger partial charge is 0.378 e. The molecule has 3 rings (SSSR count). The van der Waals surface area contributed by atoms with Crippen LogP contribution in [0, 0.1) is 17.7 Å². The molecule has 0 aromatic heterocycles. The summed E-state index contributed by atoms with van der Waals surface area (Å²) in [7, 11) is 1.81. The van der Waals surface area contributed by atoms with Crippen molar-refractivity contribution in [2.75, 3.05) is 51.3 Å². The Morgan fingerprint density at radius 1 is 1.22 bits per heavy atom. The van der Waals surface area contributed by atoms with Gasteiger partial charge in [0, 0.05) is 39.8 Å². The molecular weight excluding hydrogens is 458 g/mol. The molecule has 0 saturated carbocycles. The Morgan fingerprint density at radius 3 is 2.48 bits per heavy atom. The second kappa shape index (κ2) is 10.5. The van der Waals surface area contributed by atoms with Gasteiger partial charge < -0.3 is 19.9 Å². The van der Waals surface area contributed by atoms with Crippen LogP contribution in [0.4, 0.5) is 10.1 Å². The van der Waals surface area contributed by atoms with Crippen molar-refractivity contribution in [3.63, 3.8) is 0 Å². The van der Waals surface area contributed by atoms with E-state index in [9.17, 15) is 4.39 Å². The van der Waals surface area contributed by atoms with E-state index in [-0.39, 0.29) is 29.8 Å². The van der Waals surface area contributed by atoms with Crippen LogP contribution in [0.2, 0.25) is 0 Å². The standard InChI is InChI=1S/C20H31FN4O.HI/c1-15-10-16(2)14-25(13-15)20(22-3)23-12-17-4-5-19(18(21)11-17)24-6-8-26-9-7-24;/h4-5,11,15-16H,6-10,12-14H2,1-3H3,(H,22,23);1H. The zero-order valence-corrected chi connectivity index (χ0v) is 18.9. The van der Waals surface area contributed by atoms with Gasteiger partial charge in [-0.1, -0.05) is 19.9 Å². The molecule has 0 spiro atoms. The van der Waals surface area contributed by atoms with Gasteiger partial charge in [-0.2, -0.15) is 0 Å². The number of morpholine rings is 1. The van der Waals surface area contributed by atoms with Gasteiger partial charge in [-0.25, -0.2) is 4.39 Å². The smallest absolute Gasteiger partial charge is 0.193 e. The van der Waals surface area contributed by atoms with Crippen molar-refractivity contribution < 1.29 is 9.13 Å². The molecule has 2 fully saturated rings. The van der Waals surface area contributed by atoms with Gasteiger partial charge in [0.2, 0.25) is 0 Å². The lowest BCUT2D eigenvalue weighted by molar-refractivity contribution is 0.122. The molecule has 2 saturated heterocycles. The molecule has 7 heteroatoms. The van der Waals surface area contributed by atoms with Crippen molar-refractivity contribution in [1.82, 2.24) is 10.2 Å². The lowest BCUT2D eigenvalue weighted by Gasteiger charge is -2.37. The minimum atomic E-state index is -0.165. The second-order valence-corrected chi connectivity index (χ2v) is 7.64. The highest BCUT2D eigenvalue weighted by Crippen LogP contribution is 2.23. The van der Waals surface area contributed by atoms with Gasteiger partial charge in [-0.05, 0) is 36.0 Å². The Balaban J connectivity index is 0.00000261. The lowest BCUT2D eigenvalue weighted by Crippen LogP contribution is -2.48. The average Bonchev–Trinajstić information content (AvgIpc) is 2.62. The first kappa shape index (κ1) is 22.2. The maximum Gasteiger partial charge on any atom is 0.193 e. The van der Waals surface area contributed by atoms with Crippen molar-refractivity contribution in [2.24, 2.45) is 16.8 Å². The summed E-state index contributed by atoms with van der Waals surface area (Å²) in [5.74, 6) is 2.08. The van der Waals surface area contributed by atoms with Crippen LogP contribution < -0.4 is 10.2 Å². The summed E-state index contributed by atoms with van der Waals surface area (Å²) in [5, 5.41) is 3.40. The fourth-order valence-electron chi connectivity index (χ4n) is 4.07. The van der Waals surface area contributed by atoms with Crippen molar-refractivity contribution in [3.05, 3.63) is 29.6 Å². The van der Waals surface area contributed by atoms with Crippen LogP contribution in [0.3, 0.4) is 0 Å². The molecule has 1 N–H and O–H groups in total. The maximum absolute atomic E-state index is 14.5. The minimum Gasteiger partial charge on any atom is -0.378 e. The SMILES string of the molecule is CN=C(NCc1ccc(N2CCOCC2)c(F)c1)N1CC(C)CC(C)C1.I. The third-order valence-electron chi connectivity index (χ3n) is 5.19. The molecule has 2 aliphatic heterocycles. The highest BCUT2D eigenvalue weighted by Gasteiger charge is 2.24. The first-order valence-corrected chi connectivity index (χ1v) is 9.63. The highest BCUT2D eigenvalue weighted by atomic mass is 127. The normalized spacial score (nSPS) is 23.8. The number of nitrogens with zero attached hydrogens (tertiary/aromatic N) is 3. The van der Waals surface area contributed by atoms with Gasteiger partial charge in [0.1, 0.15) is 5.82 Å². The summed E-state index contributed by atoms with van der Waals surface area (Å²) >= 11 is 0. The first-order valence-electron chi connectivity index (χ1n) is 9.63. The number of aliphatic imine (C=N–C) groups is 1. The van der Waals surface area contributed by atoms with E-state index in [1.807, 2.05) is 24.1 Å². The number of piperidine rings is 1. The zero-order valence-electron chi connectivity index (χ0n) is 16.6. The Morgan fingerprint density at radius 2 is 1.89 bits per heavy atom. The summed E-state index contributed by atoms with van der Waals surface area (Å²) in [4.78, 5) is 8.79. The van der Waals surface area contributed by atoms with Crippen LogP contribution >= 0.6 is 24.0 Å². The summed E-state index contributed by atoms with van der Waals surface area (Å²) < 4.78 is 19.9. The molecule has 0 radical (unpaired) electrons. The lowest BCUT2D eigenvalue weighted by atomic mass is 9.92. The van der Waals surface area contributed by atoms with Crippen molar-refractivity contribution in [1.29, 1.82) is 0 Å². The molecule has 1 aromatic rings. The molecule has 27 heavy (non-hydrogen) atoms. The van der Waals surface area contributed by atoms with Crippen LogP contribution in [0.5, 0.6) is 0 Å². The van der Waals surface area contributed by atoms with E-state index in [1.165, 1.54) is 6.42 Å². The third-order valence-corrected chi connectivity index (χ3v) is 5.19. The number of likely N-dealkylation sites (tertiary alicyclic amines) is 1. The van der Waals surface area contributed by atoms with Gasteiger partial charge in [-0.15, -0.1) is 24.0 Å². The topological polar surface area (TPSA) is 40.1 Å². The van der Waals surface area contributed by atoms with Gasteiger partial charge in [0.25, 0.3) is 0 Å². The molecule has 2 heterocycles. The van der Waals surface area contributed by atoms with Gasteiger partial charge >= 0.3 is 0 Å². The van der Waals surface area contributed by atoms with E-state index in [0.29, 0.717) is 37.3 Å². The Bertz CT molecular complexity index is 626. The zero-order chi connectivity index (χ0) is 18.5. The summed E-state index contributed by atoms with van der Waals surface area (Å²) in [6, 6.07) is 5.51. The Kier molecular flexibility index (Phi) is 8.60. The number of ether oxygens (including phenoxy) is 1. The number of nitrogens with one attached hydrogen (secondary N) is 1. The predicted molar refractivity (Wildman–Crippen MR) is 120 cm³/mol. The van der Waals surface area contributed by atoms with Gasteiger partial charge in [-0.3, -0.25) is 4.99 Å². The summed E-state index contributed by atoms with van der Waals surface area (Å²) in [6.07, 6.45) is 1.27. The molecule has 2 atom stereocenters. The molecule has 1 aromatic carbocycles. The van der Waals surface area contributed by atoms with E-state index >= 15 is 0 Å². The minimum absolute atomic E-state index is 0. The molecule has 152 valence electrons. The van der Waals surface area contributed by atoms with E-state index in [0.717, 1.165) is 37.7 Å². The molecule has 0 bridgehead atoms. The van der Waals surface area contributed by atoms with Crippen molar-refractivity contribution >= 4 is 35.6 Å². The molecule has 2 aliphatic rings. The van der Waals surface area contributed by atoms with E-state index in [1.54, 1.807) is 6.07 Å². The number of rotatable bonds is 3. The quantitative estimate of drug-likeness (QED) is 0.401. The van der Waals surface area contributed by atoms with E-state index in [4.69, 9.17) is 4.74 Å². The fourth-order valence-corrected chi connectivity index (χ4v) is 4.07. The molecule has 0 amide bonds. The summed E-state index contributed by atoms with van der Waals surface area (Å²) in [6.45, 7) is 10.00. The summed E-state index contributed by atoms with van der Waals surface area (Å²) in [5.41, 5.74) is 1.60. The number of halogens is 2. The van der Waals surface area contributed by atoms with Crippen LogP contribution in [-0.2, 0) is 11.3 Å². The predicted octanol–water partition coefficient (Wildman–Crippen LogP) is 3.33. The third kappa shape index (κ3) is 5.94. The monoisotopic (exact) mass is 490 g/mol. The van der Waals surface area contributed by atoms with E-state index < -0.39 is 0 Å². The van der Waals surface area contributed by atoms with Crippen molar-refractivity contribution in [2.45, 2.75) is 26.8 Å². The van der Waals surface area contributed by atoms with Crippen LogP contribution in [-0.4, -0.2) is 57.3 Å². The first-order chi connectivity index (χ1) is 12.6. The van der Waals surface area contributed by atoms with Crippen LogP contribution in [0.25, 0.3) is 0 Å². The number of hydrogen-bond acceptors (Lipinski definition) is 3. The molecule has 0 aliphatic carbocycles. The van der Waals surface area contributed by atoms with Crippen LogP contribution in [0.1, 0.15) is 25.8 Å². The number of hydrogen-bond donors (Lipinski definition) is 1. The Labute approximate surface area is 179 Å². The maximum atomic E-state index is 14.5. The second-order valence-electron chi connectivity index (χ2n) is 7.64. The number of guanidine groups is 1. The molecule has 2 unspecified atom stereocenters. The van der Waals surface area contributed by atoms with E-state index in [2.05, 4.69) is 29.1 Å². The Hall–Kier alpha value is -1.09. The fraction of sp³-hybridized carbons (Fsp3) is 0.650. The number of benzene rings is 1.